The van der Waals surface area contributed by atoms with Crippen molar-refractivity contribution in [2.24, 2.45) is 0 Å². The van der Waals surface area contributed by atoms with Crippen LogP contribution in [0.3, 0.4) is 0 Å². The second-order valence-corrected chi connectivity index (χ2v) is 8.32. The number of nitrogens with one attached hydrogen (secondary N) is 1. The Morgan fingerprint density at radius 1 is 0.833 bits per heavy atom. The first-order chi connectivity index (χ1) is 17.6. The van der Waals surface area contributed by atoms with Gasteiger partial charge in [-0.2, -0.15) is 0 Å². The van der Waals surface area contributed by atoms with E-state index in [9.17, 15) is 9.59 Å². The summed E-state index contributed by atoms with van der Waals surface area (Å²) in [5.74, 6) is 0.737. The zero-order valence-corrected chi connectivity index (χ0v) is 21.1. The lowest BCUT2D eigenvalue weighted by atomic mass is 10.0. The molecule has 0 aliphatic rings. The zero-order valence-electron chi connectivity index (χ0n) is 21.1. The van der Waals surface area contributed by atoms with Crippen molar-refractivity contribution in [3.05, 3.63) is 95.6 Å². The molecule has 3 aromatic carbocycles. The molecule has 1 atom stereocenters. The van der Waals surface area contributed by atoms with Crippen molar-refractivity contribution in [3.63, 3.8) is 0 Å². The molecule has 0 saturated heterocycles. The highest BCUT2D eigenvalue weighted by Crippen LogP contribution is 2.29. The van der Waals surface area contributed by atoms with Crippen molar-refractivity contribution in [2.45, 2.75) is 25.4 Å². The second kappa shape index (κ2) is 13.9. The van der Waals surface area contributed by atoms with E-state index in [4.69, 9.17) is 14.2 Å². The van der Waals surface area contributed by atoms with Crippen LogP contribution >= 0.6 is 0 Å². The molecule has 0 saturated carbocycles. The summed E-state index contributed by atoms with van der Waals surface area (Å²) in [5.41, 5.74) is 2.45. The number of nitrogens with zero attached hydrogens (tertiary/aromatic N) is 1. The van der Waals surface area contributed by atoms with Gasteiger partial charge in [0.25, 0.3) is 0 Å². The van der Waals surface area contributed by atoms with Gasteiger partial charge in [0.15, 0.2) is 11.5 Å². The van der Waals surface area contributed by atoms with Crippen LogP contribution in [0.4, 0.5) is 0 Å². The molecule has 3 rings (SSSR count). The summed E-state index contributed by atoms with van der Waals surface area (Å²) in [7, 11) is 4.76. The predicted molar refractivity (Wildman–Crippen MR) is 139 cm³/mol. The smallest absolute Gasteiger partial charge is 0.247 e. The maximum absolute atomic E-state index is 13.8. The molecule has 0 bridgehead atoms. The van der Waals surface area contributed by atoms with Gasteiger partial charge in [-0.05, 0) is 35.2 Å². The predicted octanol–water partition coefficient (Wildman–Crippen LogP) is 4.17. The first-order valence-corrected chi connectivity index (χ1v) is 11.9. The van der Waals surface area contributed by atoms with Gasteiger partial charge in [-0.25, -0.2) is 0 Å². The monoisotopic (exact) mass is 490 g/mol. The number of rotatable bonds is 13. The minimum absolute atomic E-state index is 0.105. The molecule has 7 heteroatoms. The number of hydrogen-bond acceptors (Lipinski definition) is 5. The van der Waals surface area contributed by atoms with Crippen molar-refractivity contribution in [3.8, 4) is 11.5 Å². The van der Waals surface area contributed by atoms with Crippen LogP contribution in [0.1, 0.15) is 29.2 Å². The minimum atomic E-state index is -0.790. The molecule has 0 radical (unpaired) electrons. The number of amides is 2. The van der Waals surface area contributed by atoms with Gasteiger partial charge in [-0.1, -0.05) is 66.7 Å². The van der Waals surface area contributed by atoms with E-state index >= 15 is 0 Å². The molecule has 0 fully saturated rings. The van der Waals surface area contributed by atoms with E-state index in [1.54, 1.807) is 38.4 Å². The topological polar surface area (TPSA) is 77.1 Å². The van der Waals surface area contributed by atoms with Gasteiger partial charge in [0, 0.05) is 26.8 Å². The van der Waals surface area contributed by atoms with Crippen molar-refractivity contribution >= 4 is 11.8 Å². The lowest BCUT2D eigenvalue weighted by Crippen LogP contribution is -2.44. The van der Waals surface area contributed by atoms with Gasteiger partial charge in [0.05, 0.1) is 20.6 Å². The van der Waals surface area contributed by atoms with Crippen molar-refractivity contribution in [2.75, 3.05) is 34.5 Å². The molecule has 0 aliphatic carbocycles. The van der Waals surface area contributed by atoms with E-state index in [1.807, 2.05) is 66.7 Å². The third-order valence-electron chi connectivity index (χ3n) is 5.82. The van der Waals surface area contributed by atoms with Crippen molar-refractivity contribution in [1.82, 2.24) is 10.2 Å². The molecular weight excluding hydrogens is 456 g/mol. The highest BCUT2D eigenvalue weighted by atomic mass is 16.5. The average Bonchev–Trinajstić information content (AvgIpc) is 2.91. The number of carbonyl (C=O) groups excluding carboxylic acids is 2. The molecule has 2 amide bonds. The van der Waals surface area contributed by atoms with E-state index in [1.165, 1.54) is 0 Å². The summed E-state index contributed by atoms with van der Waals surface area (Å²) in [5, 5.41) is 2.99. The van der Waals surface area contributed by atoms with Gasteiger partial charge in [0.1, 0.15) is 6.04 Å². The van der Waals surface area contributed by atoms with E-state index in [0.29, 0.717) is 31.1 Å². The Hall–Kier alpha value is -3.84. The summed E-state index contributed by atoms with van der Waals surface area (Å²) in [6.45, 7) is 1.29. The Balaban J connectivity index is 1.95. The highest BCUT2D eigenvalue weighted by molar-refractivity contribution is 5.89. The van der Waals surface area contributed by atoms with Gasteiger partial charge >= 0.3 is 0 Å². The van der Waals surface area contributed by atoms with Crippen LogP contribution in [0.25, 0.3) is 0 Å². The maximum Gasteiger partial charge on any atom is 0.247 e. The Kier molecular flexibility index (Phi) is 10.3. The molecule has 1 unspecified atom stereocenters. The average molecular weight is 491 g/mol. The number of ether oxygens (including phenoxy) is 3. The van der Waals surface area contributed by atoms with Gasteiger partial charge in [-0.3, -0.25) is 9.59 Å². The summed E-state index contributed by atoms with van der Waals surface area (Å²) in [6.07, 6.45) is 0.787. The first kappa shape index (κ1) is 26.8. The van der Waals surface area contributed by atoms with Gasteiger partial charge < -0.3 is 24.4 Å². The van der Waals surface area contributed by atoms with Crippen molar-refractivity contribution in [1.29, 1.82) is 0 Å². The number of benzene rings is 3. The molecule has 36 heavy (non-hydrogen) atoms. The molecule has 0 aromatic heterocycles. The summed E-state index contributed by atoms with van der Waals surface area (Å²) < 4.78 is 15.8. The minimum Gasteiger partial charge on any atom is -0.493 e. The zero-order chi connectivity index (χ0) is 25.8. The SMILES string of the molecule is COCCCNC(=O)C(c1ccccc1)N(Cc1ccccc1)C(=O)Cc1ccc(OC)c(OC)c1. The van der Waals surface area contributed by atoms with Crippen LogP contribution < -0.4 is 14.8 Å². The fourth-order valence-corrected chi connectivity index (χ4v) is 4.00. The fraction of sp³-hybridized carbons (Fsp3) is 0.310. The Bertz CT molecular complexity index is 1110. The quantitative estimate of drug-likeness (QED) is 0.364. The van der Waals surface area contributed by atoms with Crippen LogP contribution in [-0.2, 0) is 27.3 Å². The molecule has 0 heterocycles. The highest BCUT2D eigenvalue weighted by Gasteiger charge is 2.31. The van der Waals surface area contributed by atoms with E-state index in [-0.39, 0.29) is 24.8 Å². The number of carbonyl (C=O) groups is 2. The molecule has 0 spiro atoms. The van der Waals surface area contributed by atoms with Crippen LogP contribution in [0.15, 0.2) is 78.9 Å². The Morgan fingerprint density at radius 3 is 2.14 bits per heavy atom. The standard InChI is InChI=1S/C29H34N2O5/c1-34-18-10-17-30-29(33)28(24-13-8-5-9-14-24)31(21-22-11-6-4-7-12-22)27(32)20-23-15-16-25(35-2)26(19-23)36-3/h4-9,11-16,19,28H,10,17-18,20-21H2,1-3H3,(H,30,33). The number of methoxy groups -OCH3 is 3. The Labute approximate surface area is 213 Å². The normalized spacial score (nSPS) is 11.4. The van der Waals surface area contributed by atoms with E-state index in [2.05, 4.69) is 5.32 Å². The Morgan fingerprint density at radius 2 is 1.50 bits per heavy atom. The van der Waals surface area contributed by atoms with Crippen LogP contribution in [0.2, 0.25) is 0 Å². The summed E-state index contributed by atoms with van der Waals surface area (Å²) >= 11 is 0. The van der Waals surface area contributed by atoms with Gasteiger partial charge in [0.2, 0.25) is 11.8 Å². The van der Waals surface area contributed by atoms with Crippen LogP contribution in [-0.4, -0.2) is 51.2 Å². The van der Waals surface area contributed by atoms with Crippen molar-refractivity contribution < 1.29 is 23.8 Å². The lowest BCUT2D eigenvalue weighted by Gasteiger charge is -2.32. The van der Waals surface area contributed by atoms with E-state index in [0.717, 1.165) is 16.7 Å². The molecular formula is C29H34N2O5. The fourth-order valence-electron chi connectivity index (χ4n) is 4.00. The molecule has 1 N–H and O–H groups in total. The number of hydrogen-bond donors (Lipinski definition) is 1. The van der Waals surface area contributed by atoms with Gasteiger partial charge in [-0.15, -0.1) is 0 Å². The third kappa shape index (κ3) is 7.33. The summed E-state index contributed by atoms with van der Waals surface area (Å²) in [4.78, 5) is 29.0. The lowest BCUT2D eigenvalue weighted by molar-refractivity contribution is -0.141. The third-order valence-corrected chi connectivity index (χ3v) is 5.82. The molecule has 190 valence electrons. The molecule has 0 aliphatic heterocycles. The van der Waals surface area contributed by atoms with E-state index < -0.39 is 6.04 Å². The largest absolute Gasteiger partial charge is 0.493 e. The second-order valence-electron chi connectivity index (χ2n) is 8.32. The maximum atomic E-state index is 13.8. The first-order valence-electron chi connectivity index (χ1n) is 11.9. The van der Waals surface area contributed by atoms with Crippen LogP contribution in [0.5, 0.6) is 11.5 Å². The van der Waals surface area contributed by atoms with Crippen LogP contribution in [0, 0.1) is 0 Å². The summed E-state index contributed by atoms with van der Waals surface area (Å²) in [6, 6.07) is 23.7. The molecule has 3 aromatic rings. The molecule has 7 nitrogen and oxygen atoms in total.